The van der Waals surface area contributed by atoms with Crippen LogP contribution >= 0.6 is 0 Å². The fraction of sp³-hybridized carbons (Fsp3) is 0.364. The van der Waals surface area contributed by atoms with Crippen LogP contribution in [0.2, 0.25) is 0 Å². The summed E-state index contributed by atoms with van der Waals surface area (Å²) >= 11 is 0. The number of phenols is 1. The minimum atomic E-state index is -3.11. The van der Waals surface area contributed by atoms with Gasteiger partial charge in [-0.15, -0.1) is 0 Å². The van der Waals surface area contributed by atoms with Crippen molar-refractivity contribution in [3.05, 3.63) is 29.6 Å². The van der Waals surface area contributed by atoms with E-state index in [4.69, 9.17) is 0 Å². The van der Waals surface area contributed by atoms with Gasteiger partial charge in [0.05, 0.1) is 11.5 Å². The lowest BCUT2D eigenvalue weighted by atomic mass is 10.1. The molecule has 1 unspecified atom stereocenters. The maximum Gasteiger partial charge on any atom is 0.258 e. The predicted octanol–water partition coefficient (Wildman–Crippen LogP) is 0.448. The third-order valence-electron chi connectivity index (χ3n) is 2.79. The number of aromatic hydroxyl groups is 1. The van der Waals surface area contributed by atoms with E-state index in [1.807, 2.05) is 0 Å². The third-order valence-corrected chi connectivity index (χ3v) is 4.55. The van der Waals surface area contributed by atoms with Crippen molar-refractivity contribution in [2.75, 3.05) is 11.5 Å². The summed E-state index contributed by atoms with van der Waals surface area (Å²) in [7, 11) is -3.11. The van der Waals surface area contributed by atoms with Crippen molar-refractivity contribution in [2.24, 2.45) is 0 Å². The summed E-state index contributed by atoms with van der Waals surface area (Å²) in [6.07, 6.45) is 0.309. The van der Waals surface area contributed by atoms with E-state index in [2.05, 4.69) is 5.32 Å². The molecule has 98 valence electrons. The van der Waals surface area contributed by atoms with E-state index in [0.29, 0.717) is 6.42 Å². The topological polar surface area (TPSA) is 83.5 Å². The van der Waals surface area contributed by atoms with Crippen LogP contribution < -0.4 is 5.32 Å². The lowest BCUT2D eigenvalue weighted by Crippen LogP contribution is -2.36. The molecule has 1 heterocycles. The summed E-state index contributed by atoms with van der Waals surface area (Å²) in [4.78, 5) is 11.7. The summed E-state index contributed by atoms with van der Waals surface area (Å²) in [5.41, 5.74) is -0.457. The molecule has 0 spiro atoms. The summed E-state index contributed by atoms with van der Waals surface area (Å²) in [5, 5.41) is 11.8. The molecule has 1 fully saturated rings. The molecule has 1 amide bonds. The van der Waals surface area contributed by atoms with Gasteiger partial charge in [-0.3, -0.25) is 4.79 Å². The number of benzene rings is 1. The molecule has 1 aromatic rings. The first-order valence-electron chi connectivity index (χ1n) is 5.38. The third kappa shape index (κ3) is 2.61. The van der Waals surface area contributed by atoms with Crippen LogP contribution in [0.25, 0.3) is 0 Å². The van der Waals surface area contributed by atoms with Crippen LogP contribution in [0.4, 0.5) is 4.39 Å². The molecule has 0 aromatic heterocycles. The highest BCUT2D eigenvalue weighted by atomic mass is 32.2. The molecule has 7 heteroatoms. The summed E-state index contributed by atoms with van der Waals surface area (Å²) in [5.74, 6) is -2.23. The summed E-state index contributed by atoms with van der Waals surface area (Å²) in [6, 6.07) is 3.01. The molecule has 0 saturated carbocycles. The Kier molecular flexibility index (Phi) is 3.25. The molecule has 0 bridgehead atoms. The Morgan fingerprint density at radius 3 is 2.72 bits per heavy atom. The first-order chi connectivity index (χ1) is 8.39. The normalized spacial score (nSPS) is 21.7. The zero-order valence-electron chi connectivity index (χ0n) is 9.39. The van der Waals surface area contributed by atoms with Crippen molar-refractivity contribution in [1.29, 1.82) is 0 Å². The van der Waals surface area contributed by atoms with Crippen molar-refractivity contribution < 1.29 is 22.7 Å². The molecule has 1 aromatic carbocycles. The smallest absolute Gasteiger partial charge is 0.258 e. The quantitative estimate of drug-likeness (QED) is 0.819. The van der Waals surface area contributed by atoms with Crippen molar-refractivity contribution in [2.45, 2.75) is 12.5 Å². The van der Waals surface area contributed by atoms with Crippen molar-refractivity contribution in [3.8, 4) is 5.75 Å². The lowest BCUT2D eigenvalue weighted by molar-refractivity contribution is 0.0934. The van der Waals surface area contributed by atoms with Gasteiger partial charge in [0.15, 0.2) is 9.84 Å². The zero-order valence-corrected chi connectivity index (χ0v) is 10.2. The van der Waals surface area contributed by atoms with E-state index in [1.165, 1.54) is 12.1 Å². The maximum absolute atomic E-state index is 13.4. The highest BCUT2D eigenvalue weighted by Crippen LogP contribution is 2.20. The Bertz CT molecular complexity index is 564. The monoisotopic (exact) mass is 273 g/mol. The van der Waals surface area contributed by atoms with Gasteiger partial charge in [-0.05, 0) is 18.6 Å². The van der Waals surface area contributed by atoms with Gasteiger partial charge in [0.25, 0.3) is 5.91 Å². The van der Waals surface area contributed by atoms with Gasteiger partial charge >= 0.3 is 0 Å². The van der Waals surface area contributed by atoms with Crippen molar-refractivity contribution >= 4 is 15.7 Å². The van der Waals surface area contributed by atoms with Crippen LogP contribution in [-0.4, -0.2) is 37.0 Å². The van der Waals surface area contributed by atoms with E-state index in [9.17, 15) is 22.7 Å². The number of carbonyl (C=O) groups is 1. The van der Waals surface area contributed by atoms with E-state index < -0.39 is 38.9 Å². The molecule has 18 heavy (non-hydrogen) atoms. The average molecular weight is 273 g/mol. The van der Waals surface area contributed by atoms with E-state index in [0.717, 1.165) is 6.07 Å². The van der Waals surface area contributed by atoms with Gasteiger partial charge in [0, 0.05) is 6.04 Å². The number of phenolic OH excluding ortho intramolecular Hbond substituents is 1. The Balaban J connectivity index is 2.14. The number of hydrogen-bond acceptors (Lipinski definition) is 4. The average Bonchev–Trinajstić information content (AvgIpc) is 2.57. The van der Waals surface area contributed by atoms with Gasteiger partial charge < -0.3 is 10.4 Å². The minimum absolute atomic E-state index is 0.0151. The van der Waals surface area contributed by atoms with Gasteiger partial charge in [0.1, 0.15) is 17.1 Å². The Hall–Kier alpha value is -1.63. The molecule has 1 atom stereocenters. The Labute approximate surface area is 104 Å². The van der Waals surface area contributed by atoms with Crippen LogP contribution in [0.15, 0.2) is 18.2 Å². The van der Waals surface area contributed by atoms with Crippen LogP contribution in [0.1, 0.15) is 16.8 Å². The largest absolute Gasteiger partial charge is 0.507 e. The van der Waals surface area contributed by atoms with E-state index >= 15 is 0 Å². The number of hydrogen-bond donors (Lipinski definition) is 2. The number of halogens is 1. The summed E-state index contributed by atoms with van der Waals surface area (Å²) in [6.45, 7) is 0. The zero-order chi connectivity index (χ0) is 13.3. The molecule has 5 nitrogen and oxygen atoms in total. The molecule has 0 aliphatic carbocycles. The van der Waals surface area contributed by atoms with E-state index in [1.54, 1.807) is 0 Å². The molecule has 1 saturated heterocycles. The van der Waals surface area contributed by atoms with Gasteiger partial charge in [-0.25, -0.2) is 12.8 Å². The minimum Gasteiger partial charge on any atom is -0.507 e. The Morgan fingerprint density at radius 2 is 2.17 bits per heavy atom. The second kappa shape index (κ2) is 4.56. The molecule has 1 aliphatic heterocycles. The van der Waals surface area contributed by atoms with E-state index in [-0.39, 0.29) is 11.5 Å². The van der Waals surface area contributed by atoms with Crippen LogP contribution in [-0.2, 0) is 9.84 Å². The second-order valence-corrected chi connectivity index (χ2v) is 6.44. The fourth-order valence-electron chi connectivity index (χ4n) is 1.90. The lowest BCUT2D eigenvalue weighted by Gasteiger charge is -2.12. The van der Waals surface area contributed by atoms with Crippen LogP contribution in [0, 0.1) is 5.82 Å². The van der Waals surface area contributed by atoms with Crippen LogP contribution in [0.5, 0.6) is 5.75 Å². The molecule has 2 rings (SSSR count). The summed E-state index contributed by atoms with van der Waals surface area (Å²) < 4.78 is 35.8. The van der Waals surface area contributed by atoms with Crippen LogP contribution in [0.3, 0.4) is 0 Å². The number of amides is 1. The van der Waals surface area contributed by atoms with Gasteiger partial charge in [-0.2, -0.15) is 0 Å². The molecule has 0 radical (unpaired) electrons. The van der Waals surface area contributed by atoms with Gasteiger partial charge in [-0.1, -0.05) is 6.07 Å². The predicted molar refractivity (Wildman–Crippen MR) is 62.6 cm³/mol. The van der Waals surface area contributed by atoms with Crippen molar-refractivity contribution in [3.63, 3.8) is 0 Å². The molecular formula is C11H12FNO4S. The fourth-order valence-corrected chi connectivity index (χ4v) is 3.58. The Morgan fingerprint density at radius 1 is 1.44 bits per heavy atom. The standard InChI is InChI=1S/C11H12FNO4S/c12-8-2-1-3-9(14)10(8)11(15)13-7-4-5-18(16,17)6-7/h1-3,7,14H,4-6H2,(H,13,15). The number of carbonyl (C=O) groups excluding carboxylic acids is 1. The molecule has 1 aliphatic rings. The number of nitrogens with one attached hydrogen (secondary N) is 1. The highest BCUT2D eigenvalue weighted by molar-refractivity contribution is 7.91. The number of rotatable bonds is 2. The molecular weight excluding hydrogens is 261 g/mol. The molecule has 2 N–H and O–H groups in total. The van der Waals surface area contributed by atoms with Crippen molar-refractivity contribution in [1.82, 2.24) is 5.32 Å². The number of sulfone groups is 1. The maximum atomic E-state index is 13.4. The SMILES string of the molecule is O=C(NC1CCS(=O)(=O)C1)c1c(O)cccc1F. The van der Waals surface area contributed by atoms with Gasteiger partial charge in [0.2, 0.25) is 0 Å². The first-order valence-corrected chi connectivity index (χ1v) is 7.20. The first kappa shape index (κ1) is 12.8. The highest BCUT2D eigenvalue weighted by Gasteiger charge is 2.30. The second-order valence-electron chi connectivity index (χ2n) is 4.21.